The third-order valence-electron chi connectivity index (χ3n) is 5.26. The van der Waals surface area contributed by atoms with Gasteiger partial charge >= 0.3 is 5.91 Å². The quantitative estimate of drug-likeness (QED) is 0.402. The van der Waals surface area contributed by atoms with Crippen LogP contribution < -0.4 is 16.3 Å². The molecule has 3 N–H and O–H groups in total. The number of rotatable bonds is 5. The molecule has 0 atom stereocenters. The van der Waals surface area contributed by atoms with Crippen molar-refractivity contribution in [3.8, 4) is 0 Å². The first-order chi connectivity index (χ1) is 16.0. The van der Waals surface area contributed by atoms with E-state index >= 15 is 0 Å². The van der Waals surface area contributed by atoms with Crippen molar-refractivity contribution in [2.24, 2.45) is 5.10 Å². The third kappa shape index (κ3) is 4.59. The molecule has 4 rings (SSSR count). The predicted molar refractivity (Wildman–Crippen MR) is 121 cm³/mol. The molecule has 2 amide bonds. The Bertz CT molecular complexity index is 1250. The van der Waals surface area contributed by atoms with Gasteiger partial charge in [-0.3, -0.25) is 36.0 Å². The summed E-state index contributed by atoms with van der Waals surface area (Å²) >= 11 is 0. The number of hydrogen-bond acceptors (Lipinski definition) is 7. The molecular formula is C23H21N5O5. The smallest absolute Gasteiger partial charge is 0.305 e. The highest BCUT2D eigenvalue weighted by molar-refractivity contribution is 6.07. The fourth-order valence-corrected chi connectivity index (χ4v) is 3.70. The summed E-state index contributed by atoms with van der Waals surface area (Å²) < 4.78 is 5.80. The summed E-state index contributed by atoms with van der Waals surface area (Å²) in [5.74, 6) is -0.761. The number of anilines is 1. The number of aryl methyl sites for hydroxylation is 1. The predicted octanol–water partition coefficient (Wildman–Crippen LogP) is 3.72. The molecule has 10 nitrogen and oxygen atoms in total. The maximum atomic E-state index is 12.7. The summed E-state index contributed by atoms with van der Waals surface area (Å²) in [6.45, 7) is 1.75. The lowest BCUT2D eigenvalue weighted by Gasteiger charge is -2.13. The van der Waals surface area contributed by atoms with Gasteiger partial charge in [0.05, 0.1) is 16.3 Å². The van der Waals surface area contributed by atoms with Gasteiger partial charge in [0.15, 0.2) is 5.76 Å². The van der Waals surface area contributed by atoms with Crippen LogP contribution >= 0.6 is 0 Å². The van der Waals surface area contributed by atoms with Crippen LogP contribution in [0.4, 0.5) is 11.4 Å². The second-order valence-corrected chi connectivity index (χ2v) is 7.43. The van der Waals surface area contributed by atoms with Gasteiger partial charge in [-0.2, -0.15) is 5.10 Å². The highest BCUT2D eigenvalue weighted by Gasteiger charge is 2.28. The molecule has 0 saturated carbocycles. The van der Waals surface area contributed by atoms with Crippen LogP contribution in [-0.2, 0) is 6.42 Å². The Morgan fingerprint density at radius 3 is 2.45 bits per heavy atom. The molecule has 33 heavy (non-hydrogen) atoms. The lowest BCUT2D eigenvalue weighted by atomic mass is 9.93. The van der Waals surface area contributed by atoms with E-state index < -0.39 is 16.7 Å². The van der Waals surface area contributed by atoms with E-state index in [9.17, 15) is 19.7 Å². The minimum Gasteiger partial charge on any atom is -0.455 e. The van der Waals surface area contributed by atoms with Crippen LogP contribution in [0.1, 0.15) is 50.6 Å². The minimum absolute atomic E-state index is 0.0529. The van der Waals surface area contributed by atoms with Crippen LogP contribution in [0.3, 0.4) is 0 Å². The Morgan fingerprint density at radius 1 is 1.00 bits per heavy atom. The maximum absolute atomic E-state index is 12.7. The average molecular weight is 447 g/mol. The second kappa shape index (κ2) is 9.35. The van der Waals surface area contributed by atoms with E-state index in [1.807, 2.05) is 30.3 Å². The van der Waals surface area contributed by atoms with Crippen molar-refractivity contribution in [1.82, 2.24) is 10.9 Å². The Labute approximate surface area is 188 Å². The lowest BCUT2D eigenvalue weighted by Crippen LogP contribution is -2.41. The van der Waals surface area contributed by atoms with Gasteiger partial charge in [0, 0.05) is 23.6 Å². The molecule has 168 valence electrons. The number of furan rings is 1. The van der Waals surface area contributed by atoms with Crippen molar-refractivity contribution in [2.45, 2.75) is 26.2 Å². The van der Waals surface area contributed by atoms with E-state index in [4.69, 9.17) is 4.42 Å². The standard InChI is InChI=1S/C23H21N5O5/c1-14-20-17(25-24-15-8-3-2-4-9-15)11-7-13-19(20)33-21(14)23(30)27-26-22(29)16-10-5-6-12-18(16)28(31)32/h2-6,8-10,12,24H,7,11,13H2,1H3,(H,26,29)(H,27,30)/b25-17+. The monoisotopic (exact) mass is 447 g/mol. The largest absolute Gasteiger partial charge is 0.455 e. The summed E-state index contributed by atoms with van der Waals surface area (Å²) in [4.78, 5) is 35.5. The van der Waals surface area contributed by atoms with Crippen LogP contribution in [-0.4, -0.2) is 22.4 Å². The van der Waals surface area contributed by atoms with Crippen molar-refractivity contribution in [3.63, 3.8) is 0 Å². The highest BCUT2D eigenvalue weighted by Crippen LogP contribution is 2.30. The summed E-state index contributed by atoms with van der Waals surface area (Å²) in [5, 5.41) is 15.6. The van der Waals surface area contributed by atoms with Crippen LogP contribution in [0, 0.1) is 17.0 Å². The zero-order valence-electron chi connectivity index (χ0n) is 17.8. The van der Waals surface area contributed by atoms with E-state index in [1.54, 1.807) is 6.92 Å². The maximum Gasteiger partial charge on any atom is 0.305 e. The summed E-state index contributed by atoms with van der Waals surface area (Å²) in [7, 11) is 0. The number of nitrogens with one attached hydrogen (secondary N) is 3. The first-order valence-electron chi connectivity index (χ1n) is 10.3. The van der Waals surface area contributed by atoms with Crippen LogP contribution in [0.15, 0.2) is 64.1 Å². The number of nitro benzene ring substituents is 1. The number of hydrazone groups is 1. The number of para-hydroxylation sites is 2. The van der Waals surface area contributed by atoms with Crippen LogP contribution in [0.2, 0.25) is 0 Å². The lowest BCUT2D eigenvalue weighted by molar-refractivity contribution is -0.385. The zero-order chi connectivity index (χ0) is 23.4. The van der Waals surface area contributed by atoms with Crippen molar-refractivity contribution in [3.05, 3.63) is 92.9 Å². The number of carbonyl (C=O) groups is 2. The minimum atomic E-state index is -0.807. The number of nitro groups is 1. The number of hydrogen-bond donors (Lipinski definition) is 3. The van der Waals surface area contributed by atoms with E-state index in [1.165, 1.54) is 24.3 Å². The summed E-state index contributed by atoms with van der Waals surface area (Å²) in [6, 6.07) is 15.0. The number of carbonyl (C=O) groups excluding carboxylic acids is 2. The fourth-order valence-electron chi connectivity index (χ4n) is 3.70. The van der Waals surface area contributed by atoms with E-state index in [0.717, 1.165) is 29.8 Å². The van der Waals surface area contributed by atoms with Gasteiger partial charge in [-0.25, -0.2) is 0 Å². The molecule has 0 spiro atoms. The topological polar surface area (TPSA) is 139 Å². The molecule has 0 fully saturated rings. The highest BCUT2D eigenvalue weighted by atomic mass is 16.6. The zero-order valence-corrected chi connectivity index (χ0v) is 17.8. The summed E-state index contributed by atoms with van der Waals surface area (Å²) in [5.41, 5.74) is 10.00. The molecule has 0 radical (unpaired) electrons. The summed E-state index contributed by atoms with van der Waals surface area (Å²) in [6.07, 6.45) is 2.21. The molecule has 0 bridgehead atoms. The Hall–Kier alpha value is -4.47. The fraction of sp³-hybridized carbons (Fsp3) is 0.174. The van der Waals surface area contributed by atoms with Gasteiger partial charge in [-0.05, 0) is 38.0 Å². The van der Waals surface area contributed by atoms with Gasteiger partial charge < -0.3 is 4.42 Å². The number of benzene rings is 2. The van der Waals surface area contributed by atoms with Crippen molar-refractivity contribution < 1.29 is 18.9 Å². The molecule has 3 aromatic rings. The van der Waals surface area contributed by atoms with E-state index in [-0.39, 0.29) is 17.0 Å². The van der Waals surface area contributed by atoms with Gasteiger partial charge in [-0.15, -0.1) is 0 Å². The third-order valence-corrected chi connectivity index (χ3v) is 5.26. The van der Waals surface area contributed by atoms with Crippen molar-refractivity contribution in [1.29, 1.82) is 0 Å². The second-order valence-electron chi connectivity index (χ2n) is 7.43. The van der Waals surface area contributed by atoms with Gasteiger partial charge in [0.25, 0.3) is 11.6 Å². The number of hydrazine groups is 1. The number of amides is 2. The SMILES string of the molecule is Cc1c(C(=O)NNC(=O)c2ccccc2[N+](=O)[O-])oc2c1/C(=N/Nc1ccccc1)CCC2. The molecule has 1 aliphatic carbocycles. The van der Waals surface area contributed by atoms with Crippen LogP contribution in [0.5, 0.6) is 0 Å². The molecule has 10 heteroatoms. The van der Waals surface area contributed by atoms with Gasteiger partial charge in [-0.1, -0.05) is 30.3 Å². The van der Waals surface area contributed by atoms with Gasteiger partial charge in [0.2, 0.25) is 0 Å². The Balaban J connectivity index is 1.50. The number of fused-ring (bicyclic) bond motifs is 1. The van der Waals surface area contributed by atoms with Crippen molar-refractivity contribution in [2.75, 3.05) is 5.43 Å². The van der Waals surface area contributed by atoms with E-state index in [0.29, 0.717) is 17.7 Å². The van der Waals surface area contributed by atoms with Crippen LogP contribution in [0.25, 0.3) is 0 Å². The molecular weight excluding hydrogens is 426 g/mol. The Kier molecular flexibility index (Phi) is 6.16. The van der Waals surface area contributed by atoms with Gasteiger partial charge in [0.1, 0.15) is 11.3 Å². The Morgan fingerprint density at radius 2 is 1.70 bits per heavy atom. The first-order valence-corrected chi connectivity index (χ1v) is 10.3. The molecule has 1 aromatic heterocycles. The van der Waals surface area contributed by atoms with E-state index in [2.05, 4.69) is 21.4 Å². The molecule has 1 heterocycles. The molecule has 1 aliphatic rings. The molecule has 0 unspecified atom stereocenters. The number of nitrogens with zero attached hydrogens (tertiary/aromatic N) is 2. The van der Waals surface area contributed by atoms with Crippen molar-refractivity contribution >= 4 is 28.9 Å². The normalized spacial score (nSPS) is 13.8. The average Bonchev–Trinajstić information content (AvgIpc) is 3.18. The molecule has 2 aromatic carbocycles. The molecule has 0 aliphatic heterocycles. The first kappa shape index (κ1) is 21.8. The molecule has 0 saturated heterocycles.